The van der Waals surface area contributed by atoms with Crippen LogP contribution in [0.15, 0.2) is 30.3 Å². The Labute approximate surface area is 81.4 Å². The molecule has 2 heteroatoms. The molecule has 0 saturated carbocycles. The Morgan fingerprint density at radius 2 is 1.54 bits per heavy atom. The molecule has 0 saturated heterocycles. The zero-order valence-corrected chi connectivity index (χ0v) is 8.80. The highest BCUT2D eigenvalue weighted by molar-refractivity contribution is 5.41. The van der Waals surface area contributed by atoms with Crippen molar-refractivity contribution in [1.82, 2.24) is 5.32 Å². The van der Waals surface area contributed by atoms with Crippen LogP contribution in [-0.4, -0.2) is 20.1 Å². The van der Waals surface area contributed by atoms with Crippen LogP contribution in [0.5, 0.6) is 0 Å². The van der Waals surface area contributed by atoms with Gasteiger partial charge in [-0.3, -0.25) is 0 Å². The Bertz CT molecular complexity index is 183. The maximum Gasteiger partial charge on any atom is 0.0337 e. The number of nitrogens with one attached hydrogen (secondary N) is 2. The molecule has 0 radical (unpaired) electrons. The molecular weight excluding hydrogens is 160 g/mol. The number of benzene rings is 1. The molecule has 0 amide bonds. The molecule has 1 aromatic carbocycles. The summed E-state index contributed by atoms with van der Waals surface area (Å²) in [5.74, 6) is 0. The normalized spacial score (nSPS) is 8.54. The van der Waals surface area contributed by atoms with E-state index in [0.29, 0.717) is 0 Å². The van der Waals surface area contributed by atoms with E-state index in [1.807, 2.05) is 37.4 Å². The van der Waals surface area contributed by atoms with Gasteiger partial charge in [-0.05, 0) is 25.2 Å². The largest absolute Gasteiger partial charge is 0.388 e. The fourth-order valence-corrected chi connectivity index (χ4v) is 0.855. The highest BCUT2D eigenvalue weighted by Gasteiger charge is 1.77. The summed E-state index contributed by atoms with van der Waals surface area (Å²) in [6.45, 7) is 6.39. The van der Waals surface area contributed by atoms with E-state index in [9.17, 15) is 0 Å². The van der Waals surface area contributed by atoms with E-state index in [1.165, 1.54) is 0 Å². The van der Waals surface area contributed by atoms with E-state index in [1.54, 1.807) is 0 Å². The third-order valence-electron chi connectivity index (χ3n) is 1.56. The minimum Gasteiger partial charge on any atom is -0.388 e. The van der Waals surface area contributed by atoms with E-state index in [0.717, 1.165) is 18.8 Å². The van der Waals surface area contributed by atoms with E-state index < -0.39 is 0 Å². The molecule has 13 heavy (non-hydrogen) atoms. The standard InChI is InChI=1S/C7H9N.C4H11N/c1-8-7-5-3-2-4-6-7;1-3-5-4-2/h2-6,8H,1H3;5H,3-4H2,1-2H3. The first-order valence-electron chi connectivity index (χ1n) is 4.78. The highest BCUT2D eigenvalue weighted by atomic mass is 14.8. The van der Waals surface area contributed by atoms with Gasteiger partial charge in [0, 0.05) is 12.7 Å². The van der Waals surface area contributed by atoms with Gasteiger partial charge in [0.15, 0.2) is 0 Å². The minimum atomic E-state index is 1.09. The first-order valence-corrected chi connectivity index (χ1v) is 4.78. The Morgan fingerprint density at radius 1 is 1.00 bits per heavy atom. The molecular formula is C11H20N2. The van der Waals surface area contributed by atoms with Gasteiger partial charge in [0.2, 0.25) is 0 Å². The van der Waals surface area contributed by atoms with Crippen molar-refractivity contribution in [3.63, 3.8) is 0 Å². The quantitative estimate of drug-likeness (QED) is 0.746. The second kappa shape index (κ2) is 9.07. The first-order chi connectivity index (χ1) is 6.35. The minimum absolute atomic E-state index is 1.09. The van der Waals surface area contributed by atoms with Gasteiger partial charge in [0.25, 0.3) is 0 Å². The number of rotatable bonds is 3. The lowest BCUT2D eigenvalue weighted by atomic mass is 10.3. The van der Waals surface area contributed by atoms with E-state index in [4.69, 9.17) is 0 Å². The number of hydrogen-bond acceptors (Lipinski definition) is 2. The molecule has 0 aliphatic rings. The molecule has 0 heterocycles. The Hall–Kier alpha value is -1.02. The lowest BCUT2D eigenvalue weighted by Gasteiger charge is -1.94. The summed E-state index contributed by atoms with van der Waals surface area (Å²) in [5, 5.41) is 6.14. The van der Waals surface area contributed by atoms with Crippen LogP contribution in [0.2, 0.25) is 0 Å². The van der Waals surface area contributed by atoms with Crippen molar-refractivity contribution in [2.24, 2.45) is 0 Å². The predicted molar refractivity (Wildman–Crippen MR) is 60.2 cm³/mol. The molecule has 74 valence electrons. The second-order valence-corrected chi connectivity index (χ2v) is 2.57. The number of hydrogen-bond donors (Lipinski definition) is 2. The van der Waals surface area contributed by atoms with Crippen molar-refractivity contribution in [3.8, 4) is 0 Å². The third-order valence-corrected chi connectivity index (χ3v) is 1.56. The summed E-state index contributed by atoms with van der Waals surface area (Å²) >= 11 is 0. The maximum atomic E-state index is 3.11. The van der Waals surface area contributed by atoms with Crippen molar-refractivity contribution in [2.45, 2.75) is 13.8 Å². The van der Waals surface area contributed by atoms with E-state index in [2.05, 4.69) is 24.5 Å². The van der Waals surface area contributed by atoms with Crippen LogP contribution in [0, 0.1) is 0 Å². The summed E-state index contributed by atoms with van der Waals surface area (Å²) in [6.07, 6.45) is 0. The predicted octanol–water partition coefficient (Wildman–Crippen LogP) is 2.34. The summed E-state index contributed by atoms with van der Waals surface area (Å²) in [4.78, 5) is 0. The van der Waals surface area contributed by atoms with Crippen LogP contribution >= 0.6 is 0 Å². The van der Waals surface area contributed by atoms with Crippen LogP contribution in [0.3, 0.4) is 0 Å². The molecule has 0 bridgehead atoms. The topological polar surface area (TPSA) is 24.1 Å². The van der Waals surface area contributed by atoms with Crippen molar-refractivity contribution >= 4 is 5.69 Å². The van der Waals surface area contributed by atoms with Crippen molar-refractivity contribution < 1.29 is 0 Å². The molecule has 0 spiro atoms. The van der Waals surface area contributed by atoms with Crippen molar-refractivity contribution in [3.05, 3.63) is 30.3 Å². The molecule has 0 fully saturated rings. The van der Waals surface area contributed by atoms with E-state index in [-0.39, 0.29) is 0 Å². The van der Waals surface area contributed by atoms with Crippen LogP contribution in [0.25, 0.3) is 0 Å². The lowest BCUT2D eigenvalue weighted by molar-refractivity contribution is 0.762. The van der Waals surface area contributed by atoms with Crippen molar-refractivity contribution in [2.75, 3.05) is 25.5 Å². The van der Waals surface area contributed by atoms with Gasteiger partial charge in [-0.25, -0.2) is 0 Å². The molecule has 1 rings (SSSR count). The van der Waals surface area contributed by atoms with Crippen LogP contribution in [-0.2, 0) is 0 Å². The lowest BCUT2D eigenvalue weighted by Crippen LogP contribution is -2.09. The van der Waals surface area contributed by atoms with Gasteiger partial charge in [0.1, 0.15) is 0 Å². The van der Waals surface area contributed by atoms with Crippen LogP contribution in [0.1, 0.15) is 13.8 Å². The van der Waals surface area contributed by atoms with Crippen molar-refractivity contribution in [1.29, 1.82) is 0 Å². The van der Waals surface area contributed by atoms with Gasteiger partial charge < -0.3 is 10.6 Å². The molecule has 2 N–H and O–H groups in total. The Morgan fingerprint density at radius 3 is 1.77 bits per heavy atom. The molecule has 0 aliphatic heterocycles. The molecule has 0 aliphatic carbocycles. The smallest absolute Gasteiger partial charge is 0.0337 e. The summed E-state index contributed by atoms with van der Waals surface area (Å²) in [5.41, 5.74) is 1.16. The van der Waals surface area contributed by atoms with Gasteiger partial charge >= 0.3 is 0 Å². The first kappa shape index (κ1) is 12.0. The van der Waals surface area contributed by atoms with Gasteiger partial charge in [0.05, 0.1) is 0 Å². The second-order valence-electron chi connectivity index (χ2n) is 2.57. The van der Waals surface area contributed by atoms with Gasteiger partial charge in [-0.15, -0.1) is 0 Å². The molecule has 0 unspecified atom stereocenters. The molecule has 1 aromatic rings. The van der Waals surface area contributed by atoms with Crippen LogP contribution in [0.4, 0.5) is 5.69 Å². The zero-order chi connectivity index (χ0) is 9.94. The summed E-state index contributed by atoms with van der Waals surface area (Å²) in [7, 11) is 1.91. The summed E-state index contributed by atoms with van der Waals surface area (Å²) < 4.78 is 0. The third kappa shape index (κ3) is 7.34. The highest BCUT2D eigenvalue weighted by Crippen LogP contribution is 2.01. The average Bonchev–Trinajstić information content (AvgIpc) is 2.21. The average molecular weight is 180 g/mol. The Balaban J connectivity index is 0.000000252. The maximum absolute atomic E-state index is 3.11. The fourth-order valence-electron chi connectivity index (χ4n) is 0.855. The van der Waals surface area contributed by atoms with Crippen LogP contribution < -0.4 is 10.6 Å². The number of anilines is 1. The SMILES string of the molecule is CCNCC.CNc1ccccc1. The van der Waals surface area contributed by atoms with Gasteiger partial charge in [-0.2, -0.15) is 0 Å². The monoisotopic (exact) mass is 180 g/mol. The van der Waals surface area contributed by atoms with Gasteiger partial charge in [-0.1, -0.05) is 32.0 Å². The molecule has 2 nitrogen and oxygen atoms in total. The Kier molecular flexibility index (Phi) is 8.36. The molecule has 0 atom stereocenters. The summed E-state index contributed by atoms with van der Waals surface area (Å²) in [6, 6.07) is 10.1. The molecule has 0 aromatic heterocycles. The van der Waals surface area contributed by atoms with E-state index >= 15 is 0 Å². The number of para-hydroxylation sites is 1. The fraction of sp³-hybridized carbons (Fsp3) is 0.455. The zero-order valence-electron chi connectivity index (χ0n) is 8.80.